The fraction of sp³-hybridized carbons (Fsp3) is 0.500. The van der Waals surface area contributed by atoms with Crippen molar-refractivity contribution in [2.24, 2.45) is 4.99 Å². The molecule has 2 nitrogen and oxygen atoms in total. The van der Waals surface area contributed by atoms with Crippen LogP contribution in [0.2, 0.25) is 0 Å². The van der Waals surface area contributed by atoms with Crippen LogP contribution in [0.25, 0.3) is 0 Å². The van der Waals surface area contributed by atoms with Crippen molar-refractivity contribution in [3.63, 3.8) is 0 Å². The van der Waals surface area contributed by atoms with Gasteiger partial charge in [-0.2, -0.15) is 0 Å². The van der Waals surface area contributed by atoms with Gasteiger partial charge in [0.15, 0.2) is 0 Å². The van der Waals surface area contributed by atoms with E-state index in [4.69, 9.17) is 18.6 Å². The van der Waals surface area contributed by atoms with Gasteiger partial charge in [-0.15, -0.1) is 0 Å². The molecule has 0 bridgehead atoms. The SMILES string of the molecule is CCC=Nc1cc(C)cc(C(C)(C)C)c1O.[Cl][Ti][Cl]. The number of hydrogen-bond donors (Lipinski definition) is 1. The quantitative estimate of drug-likeness (QED) is 0.561. The topological polar surface area (TPSA) is 32.6 Å². The fourth-order valence-electron chi connectivity index (χ4n) is 1.62. The van der Waals surface area contributed by atoms with E-state index in [0.29, 0.717) is 11.4 Å². The zero-order valence-corrected chi connectivity index (χ0v) is 15.2. The standard InChI is InChI=1S/C14H21NO.2ClH.Ti/c1-6-7-15-12-9-10(2)8-11(13(12)16)14(3,4)5;;;/h7-9,16H,6H2,1-5H3;2*1H;/q;;;+2/p-2. The minimum absolute atomic E-state index is 0.0629. The number of hydrogen-bond acceptors (Lipinski definition) is 2. The molecule has 1 aromatic carbocycles. The Balaban J connectivity index is 0.000000982. The summed E-state index contributed by atoms with van der Waals surface area (Å²) in [5.74, 6) is 0.308. The first-order valence-electron chi connectivity index (χ1n) is 6.10. The molecule has 0 aliphatic heterocycles. The van der Waals surface area contributed by atoms with E-state index in [1.807, 2.05) is 32.2 Å². The number of aromatic hydroxyl groups is 1. The van der Waals surface area contributed by atoms with Crippen LogP contribution in [0.4, 0.5) is 5.69 Å². The number of phenolic OH excluding ortho intramolecular Hbond substituents is 1. The predicted octanol–water partition coefficient (Wildman–Crippen LogP) is 5.49. The first kappa shape index (κ1) is 19.0. The number of rotatable bonds is 2. The monoisotopic (exact) mass is 337 g/mol. The summed E-state index contributed by atoms with van der Waals surface area (Å²) in [7, 11) is 9.78. The van der Waals surface area contributed by atoms with Gasteiger partial charge in [-0.25, -0.2) is 0 Å². The molecule has 0 aliphatic carbocycles. The van der Waals surface area contributed by atoms with Crippen LogP contribution in [0.5, 0.6) is 5.75 Å². The molecule has 0 saturated heterocycles. The van der Waals surface area contributed by atoms with Crippen molar-refractivity contribution < 1.29 is 22.1 Å². The molecule has 0 aliphatic rings. The Kier molecular flexibility index (Phi) is 9.01. The normalized spacial score (nSPS) is 11.1. The summed E-state index contributed by atoms with van der Waals surface area (Å²) in [6, 6.07) is 3.94. The molecule has 1 N–H and O–H groups in total. The number of nitrogens with zero attached hydrogens (tertiary/aromatic N) is 1. The Morgan fingerprint density at radius 3 is 2.26 bits per heavy atom. The molecule has 0 amide bonds. The zero-order valence-electron chi connectivity index (χ0n) is 12.1. The van der Waals surface area contributed by atoms with Gasteiger partial charge in [0.1, 0.15) is 11.4 Å². The van der Waals surface area contributed by atoms with Gasteiger partial charge >= 0.3 is 35.6 Å². The zero-order chi connectivity index (χ0) is 15.1. The van der Waals surface area contributed by atoms with E-state index in [1.165, 1.54) is 0 Å². The first-order chi connectivity index (χ1) is 8.77. The van der Waals surface area contributed by atoms with Crippen molar-refractivity contribution in [3.05, 3.63) is 23.3 Å². The van der Waals surface area contributed by atoms with Crippen molar-refractivity contribution in [1.29, 1.82) is 0 Å². The van der Waals surface area contributed by atoms with Crippen LogP contribution < -0.4 is 0 Å². The third-order valence-electron chi connectivity index (χ3n) is 2.46. The van der Waals surface area contributed by atoms with Crippen molar-refractivity contribution in [2.45, 2.75) is 46.5 Å². The van der Waals surface area contributed by atoms with Gasteiger partial charge in [0.2, 0.25) is 0 Å². The van der Waals surface area contributed by atoms with Crippen LogP contribution in [-0.2, 0) is 22.4 Å². The minimum atomic E-state index is -0.556. The predicted molar refractivity (Wildman–Crippen MR) is 81.7 cm³/mol. The van der Waals surface area contributed by atoms with E-state index >= 15 is 0 Å². The summed E-state index contributed by atoms with van der Waals surface area (Å²) < 4.78 is 0. The summed E-state index contributed by atoms with van der Waals surface area (Å²) in [5, 5.41) is 10.2. The van der Waals surface area contributed by atoms with Gasteiger partial charge in [-0.1, -0.05) is 33.8 Å². The molecule has 0 spiro atoms. The van der Waals surface area contributed by atoms with Crippen LogP contribution in [-0.4, -0.2) is 11.3 Å². The fourth-order valence-corrected chi connectivity index (χ4v) is 1.62. The third-order valence-corrected chi connectivity index (χ3v) is 2.46. The van der Waals surface area contributed by atoms with Gasteiger partial charge in [0.25, 0.3) is 0 Å². The Bertz CT molecular complexity index is 428. The van der Waals surface area contributed by atoms with Gasteiger partial charge in [0.05, 0.1) is 0 Å². The second-order valence-electron chi connectivity index (χ2n) is 5.22. The summed E-state index contributed by atoms with van der Waals surface area (Å²) in [4.78, 5) is 4.28. The summed E-state index contributed by atoms with van der Waals surface area (Å²) >= 11 is -0.556. The molecular formula is C14H21Cl2NOTi. The summed E-state index contributed by atoms with van der Waals surface area (Å²) in [6.07, 6.45) is 2.69. The summed E-state index contributed by atoms with van der Waals surface area (Å²) in [6.45, 7) is 10.3. The van der Waals surface area contributed by atoms with Crippen LogP contribution >= 0.6 is 18.6 Å². The number of benzene rings is 1. The molecule has 0 aromatic heterocycles. The molecule has 5 heteroatoms. The molecule has 1 aromatic rings. The van der Waals surface area contributed by atoms with Gasteiger partial charge in [-0.05, 0) is 30.4 Å². The molecule has 0 atom stereocenters. The Hall–Kier alpha value is -0.0157. The molecule has 106 valence electrons. The van der Waals surface area contributed by atoms with Crippen LogP contribution in [0.1, 0.15) is 45.2 Å². The van der Waals surface area contributed by atoms with E-state index in [2.05, 4.69) is 25.8 Å². The van der Waals surface area contributed by atoms with Crippen molar-refractivity contribution in [1.82, 2.24) is 0 Å². The van der Waals surface area contributed by atoms with E-state index in [0.717, 1.165) is 17.5 Å². The van der Waals surface area contributed by atoms with Gasteiger partial charge < -0.3 is 5.11 Å². The molecule has 19 heavy (non-hydrogen) atoms. The molecule has 0 radical (unpaired) electrons. The number of aliphatic imine (C=N–C) groups is 1. The van der Waals surface area contributed by atoms with Crippen molar-refractivity contribution in [3.8, 4) is 5.75 Å². The van der Waals surface area contributed by atoms with E-state index in [1.54, 1.807) is 0 Å². The number of aryl methyl sites for hydroxylation is 1. The van der Waals surface area contributed by atoms with E-state index in [-0.39, 0.29) is 5.41 Å². The van der Waals surface area contributed by atoms with E-state index < -0.39 is 17.0 Å². The average Bonchev–Trinajstić information content (AvgIpc) is 2.29. The Morgan fingerprint density at radius 1 is 1.32 bits per heavy atom. The molecule has 0 heterocycles. The van der Waals surface area contributed by atoms with Gasteiger partial charge in [-0.3, -0.25) is 4.99 Å². The van der Waals surface area contributed by atoms with Gasteiger partial charge in [0, 0.05) is 11.8 Å². The first-order valence-corrected chi connectivity index (χ1v) is 10.4. The second kappa shape index (κ2) is 9.02. The summed E-state index contributed by atoms with van der Waals surface area (Å²) in [5.41, 5.74) is 2.69. The number of phenols is 1. The molecule has 0 saturated carbocycles. The Morgan fingerprint density at radius 2 is 1.84 bits per heavy atom. The maximum atomic E-state index is 10.2. The van der Waals surface area contributed by atoms with Crippen molar-refractivity contribution >= 4 is 30.5 Å². The van der Waals surface area contributed by atoms with E-state index in [9.17, 15) is 5.11 Å². The van der Waals surface area contributed by atoms with Crippen molar-refractivity contribution in [2.75, 3.05) is 0 Å². The van der Waals surface area contributed by atoms with Crippen LogP contribution in [0.3, 0.4) is 0 Å². The molecule has 1 rings (SSSR count). The van der Waals surface area contributed by atoms with Crippen LogP contribution in [0.15, 0.2) is 17.1 Å². The maximum absolute atomic E-state index is 10.2. The average molecular weight is 338 g/mol. The molecule has 0 fully saturated rings. The van der Waals surface area contributed by atoms with Crippen LogP contribution in [0, 0.1) is 6.92 Å². The second-order valence-corrected chi connectivity index (χ2v) is 7.80. The number of halogens is 2. The third kappa shape index (κ3) is 6.81. The Labute approximate surface area is 132 Å². The molecular weight excluding hydrogens is 317 g/mol. The molecule has 0 unspecified atom stereocenters.